The number of rotatable bonds is 5. The Balaban J connectivity index is 1.43. The third-order valence-electron chi connectivity index (χ3n) is 5.79. The molecule has 6 atom stereocenters. The van der Waals surface area contributed by atoms with Gasteiger partial charge in [0, 0.05) is 11.5 Å². The molecule has 6 nitrogen and oxygen atoms in total. The van der Waals surface area contributed by atoms with Crippen LogP contribution in [0.1, 0.15) is 30.1 Å². The Labute approximate surface area is 145 Å². The summed E-state index contributed by atoms with van der Waals surface area (Å²) in [4.78, 5) is 37.1. The first kappa shape index (κ1) is 16.1. The number of Topliss-reactive ketones (excluding diaryl/α,β-unsaturated/α-hetero) is 1. The standard InChI is InChI=1S/C19H20O6/c1-9(17(20)10-3-5-12(23-2)6-4-10)24-18(21)15-11-7-13-14(8-11)25-19(22)16(13)15/h3-6,9,11,13-16H,7-8H2,1-2H3/t9-,11+,13-,14-,15+,16+/m0/s1. The quantitative estimate of drug-likeness (QED) is 0.600. The zero-order valence-electron chi connectivity index (χ0n) is 14.1. The van der Waals surface area contributed by atoms with Crippen LogP contribution in [-0.4, -0.2) is 37.0 Å². The van der Waals surface area contributed by atoms with Crippen LogP contribution in [0.5, 0.6) is 5.75 Å². The molecule has 4 rings (SSSR count). The molecule has 132 valence electrons. The number of ether oxygens (including phenoxy) is 3. The summed E-state index contributed by atoms with van der Waals surface area (Å²) < 4.78 is 15.8. The van der Waals surface area contributed by atoms with Crippen LogP contribution >= 0.6 is 0 Å². The van der Waals surface area contributed by atoms with Gasteiger partial charge in [-0.1, -0.05) is 0 Å². The van der Waals surface area contributed by atoms with Crippen molar-refractivity contribution in [3.8, 4) is 5.75 Å². The summed E-state index contributed by atoms with van der Waals surface area (Å²) in [7, 11) is 1.55. The monoisotopic (exact) mass is 344 g/mol. The van der Waals surface area contributed by atoms with Crippen LogP contribution < -0.4 is 4.74 Å². The molecular weight excluding hydrogens is 324 g/mol. The Bertz CT molecular complexity index is 722. The number of carbonyl (C=O) groups excluding carboxylic acids is 3. The van der Waals surface area contributed by atoms with Crippen molar-refractivity contribution < 1.29 is 28.6 Å². The fourth-order valence-corrected chi connectivity index (χ4v) is 4.62. The fourth-order valence-electron chi connectivity index (χ4n) is 4.62. The van der Waals surface area contributed by atoms with Crippen LogP contribution in [0.25, 0.3) is 0 Å². The number of esters is 2. The molecule has 1 heterocycles. The van der Waals surface area contributed by atoms with Crippen molar-refractivity contribution in [2.24, 2.45) is 23.7 Å². The highest BCUT2D eigenvalue weighted by atomic mass is 16.6. The molecule has 25 heavy (non-hydrogen) atoms. The molecule has 0 spiro atoms. The number of methoxy groups -OCH3 is 1. The van der Waals surface area contributed by atoms with E-state index in [4.69, 9.17) is 14.2 Å². The second kappa shape index (κ2) is 5.86. The highest BCUT2D eigenvalue weighted by Gasteiger charge is 2.64. The maximum atomic E-state index is 12.6. The van der Waals surface area contributed by atoms with Crippen molar-refractivity contribution in [2.75, 3.05) is 7.11 Å². The molecule has 3 fully saturated rings. The van der Waals surface area contributed by atoms with Gasteiger partial charge in [0.15, 0.2) is 6.10 Å². The molecule has 2 aliphatic carbocycles. The van der Waals surface area contributed by atoms with Gasteiger partial charge in [-0.25, -0.2) is 0 Å². The third-order valence-corrected chi connectivity index (χ3v) is 5.79. The molecule has 0 amide bonds. The van der Waals surface area contributed by atoms with Gasteiger partial charge in [0.2, 0.25) is 5.78 Å². The van der Waals surface area contributed by atoms with Gasteiger partial charge in [-0.15, -0.1) is 0 Å². The number of fused-ring (bicyclic) bond motifs is 1. The lowest BCUT2D eigenvalue weighted by atomic mass is 9.80. The Morgan fingerprint density at radius 1 is 1.20 bits per heavy atom. The number of hydrogen-bond donors (Lipinski definition) is 0. The molecule has 1 aromatic carbocycles. The fraction of sp³-hybridized carbons (Fsp3) is 0.526. The van der Waals surface area contributed by atoms with Gasteiger partial charge in [0.05, 0.1) is 18.9 Å². The van der Waals surface area contributed by atoms with Crippen LogP contribution in [0, 0.1) is 23.7 Å². The summed E-state index contributed by atoms with van der Waals surface area (Å²) in [6.45, 7) is 1.56. The van der Waals surface area contributed by atoms with E-state index in [0.717, 1.165) is 12.8 Å². The van der Waals surface area contributed by atoms with Crippen LogP contribution in [-0.2, 0) is 19.1 Å². The van der Waals surface area contributed by atoms with Gasteiger partial charge in [-0.2, -0.15) is 0 Å². The highest BCUT2D eigenvalue weighted by molar-refractivity contribution is 6.00. The van der Waals surface area contributed by atoms with Gasteiger partial charge in [0.25, 0.3) is 0 Å². The predicted octanol–water partition coefficient (Wildman–Crippen LogP) is 2.01. The van der Waals surface area contributed by atoms with Gasteiger partial charge < -0.3 is 14.2 Å². The van der Waals surface area contributed by atoms with Crippen molar-refractivity contribution in [3.63, 3.8) is 0 Å². The summed E-state index contributed by atoms with van der Waals surface area (Å²) in [6.07, 6.45) is 0.646. The van der Waals surface area contributed by atoms with Crippen LogP contribution in [0.2, 0.25) is 0 Å². The summed E-state index contributed by atoms with van der Waals surface area (Å²) in [6, 6.07) is 6.66. The largest absolute Gasteiger partial charge is 0.497 e. The Hall–Kier alpha value is -2.37. The summed E-state index contributed by atoms with van der Waals surface area (Å²) in [5, 5.41) is 0. The van der Waals surface area contributed by atoms with Crippen molar-refractivity contribution in [1.82, 2.24) is 0 Å². The molecule has 3 aliphatic rings. The first-order chi connectivity index (χ1) is 12.0. The third kappa shape index (κ3) is 2.51. The van der Waals surface area contributed by atoms with E-state index in [2.05, 4.69) is 0 Å². The molecular formula is C19H20O6. The molecule has 2 saturated carbocycles. The van der Waals surface area contributed by atoms with Gasteiger partial charge in [0.1, 0.15) is 11.9 Å². The van der Waals surface area contributed by atoms with Crippen molar-refractivity contribution in [2.45, 2.75) is 32.0 Å². The molecule has 1 aromatic rings. The van der Waals surface area contributed by atoms with E-state index < -0.39 is 18.0 Å². The normalized spacial score (nSPS) is 33.0. The lowest BCUT2D eigenvalue weighted by Gasteiger charge is -2.24. The second-order valence-electron chi connectivity index (χ2n) is 7.09. The lowest BCUT2D eigenvalue weighted by Crippen LogP contribution is -2.36. The van der Waals surface area contributed by atoms with E-state index in [1.807, 2.05) is 0 Å². The van der Waals surface area contributed by atoms with E-state index in [1.165, 1.54) is 0 Å². The Morgan fingerprint density at radius 2 is 1.92 bits per heavy atom. The highest BCUT2D eigenvalue weighted by Crippen LogP contribution is 2.58. The average molecular weight is 344 g/mol. The van der Waals surface area contributed by atoms with Crippen molar-refractivity contribution >= 4 is 17.7 Å². The van der Waals surface area contributed by atoms with Gasteiger partial charge >= 0.3 is 11.9 Å². The van der Waals surface area contributed by atoms with E-state index >= 15 is 0 Å². The zero-order chi connectivity index (χ0) is 17.7. The molecule has 1 saturated heterocycles. The summed E-state index contributed by atoms with van der Waals surface area (Å²) in [5.74, 6) is -0.953. The topological polar surface area (TPSA) is 78.9 Å². The lowest BCUT2D eigenvalue weighted by molar-refractivity contribution is -0.157. The number of ketones is 1. The molecule has 1 aliphatic heterocycles. The van der Waals surface area contributed by atoms with E-state index in [9.17, 15) is 14.4 Å². The van der Waals surface area contributed by atoms with Crippen molar-refractivity contribution in [3.05, 3.63) is 29.8 Å². The van der Waals surface area contributed by atoms with Crippen molar-refractivity contribution in [1.29, 1.82) is 0 Å². The number of hydrogen-bond acceptors (Lipinski definition) is 6. The second-order valence-corrected chi connectivity index (χ2v) is 7.09. The number of carbonyl (C=O) groups is 3. The minimum atomic E-state index is -0.895. The van der Waals surface area contributed by atoms with Gasteiger partial charge in [-0.05, 0) is 49.9 Å². The molecule has 0 radical (unpaired) electrons. The minimum Gasteiger partial charge on any atom is -0.497 e. The van der Waals surface area contributed by atoms with E-state index in [-0.39, 0.29) is 35.6 Å². The molecule has 0 aromatic heterocycles. The zero-order valence-corrected chi connectivity index (χ0v) is 14.1. The average Bonchev–Trinajstić information content (AvgIpc) is 3.23. The maximum absolute atomic E-state index is 12.6. The van der Waals surface area contributed by atoms with Gasteiger partial charge in [-0.3, -0.25) is 14.4 Å². The summed E-state index contributed by atoms with van der Waals surface area (Å²) >= 11 is 0. The molecule has 6 heteroatoms. The summed E-state index contributed by atoms with van der Waals surface area (Å²) in [5.41, 5.74) is 0.453. The van der Waals surface area contributed by atoms with Crippen LogP contribution in [0.4, 0.5) is 0 Å². The molecule has 0 N–H and O–H groups in total. The van der Waals surface area contributed by atoms with Crippen LogP contribution in [0.3, 0.4) is 0 Å². The molecule has 2 bridgehead atoms. The minimum absolute atomic E-state index is 0.0232. The van der Waals surface area contributed by atoms with E-state index in [1.54, 1.807) is 38.3 Å². The SMILES string of the molecule is COc1ccc(C(=O)[C@H](C)OC(=O)[C@@H]2[C@@H]3C[C@@H]4[C@H]2C(=O)O[C@H]4C3)cc1. The Kier molecular flexibility index (Phi) is 3.78. The van der Waals surface area contributed by atoms with E-state index in [0.29, 0.717) is 11.3 Å². The maximum Gasteiger partial charge on any atom is 0.310 e. The smallest absolute Gasteiger partial charge is 0.310 e. The van der Waals surface area contributed by atoms with Crippen LogP contribution in [0.15, 0.2) is 24.3 Å². The molecule has 0 unspecified atom stereocenters. The predicted molar refractivity (Wildman–Crippen MR) is 86.0 cm³/mol. The Morgan fingerprint density at radius 3 is 2.60 bits per heavy atom. The number of benzene rings is 1. The first-order valence-electron chi connectivity index (χ1n) is 8.59. The first-order valence-corrected chi connectivity index (χ1v) is 8.59.